The highest BCUT2D eigenvalue weighted by Gasteiger charge is 2.06. The second-order valence-electron chi connectivity index (χ2n) is 2.88. The minimum Gasteiger partial charge on any atom is -0.349 e. The fourth-order valence-electron chi connectivity index (χ4n) is 1.12. The van der Waals surface area contributed by atoms with Crippen LogP contribution in [0.15, 0.2) is 24.7 Å². The quantitative estimate of drug-likeness (QED) is 0.701. The Morgan fingerprint density at radius 3 is 3.20 bits per heavy atom. The van der Waals surface area contributed by atoms with Crippen molar-refractivity contribution in [3.8, 4) is 0 Å². The first-order valence-electron chi connectivity index (χ1n) is 4.47. The zero-order valence-electron chi connectivity index (χ0n) is 7.92. The molecule has 1 amide bonds. The number of hydrogen-bond acceptors (Lipinski definition) is 4. The molecule has 0 spiro atoms. The van der Waals surface area contributed by atoms with Crippen molar-refractivity contribution in [3.05, 3.63) is 30.4 Å². The summed E-state index contributed by atoms with van der Waals surface area (Å²) in [5.41, 5.74) is 0.287. The molecule has 0 aromatic carbocycles. The molecular weight excluding hydrogens is 196 g/mol. The Morgan fingerprint density at radius 1 is 1.60 bits per heavy atom. The normalized spacial score (nSPS) is 10.1. The van der Waals surface area contributed by atoms with Gasteiger partial charge in [0.25, 0.3) is 5.91 Å². The molecule has 2 aromatic rings. The highest BCUT2D eigenvalue weighted by atomic mass is 16.1. The molecule has 7 nitrogen and oxygen atoms in total. The summed E-state index contributed by atoms with van der Waals surface area (Å²) in [5, 5.41) is 16.3. The van der Waals surface area contributed by atoms with Crippen LogP contribution in [0, 0.1) is 0 Å². The summed E-state index contributed by atoms with van der Waals surface area (Å²) in [6, 6.07) is 1.83. The van der Waals surface area contributed by atoms with E-state index in [9.17, 15) is 4.79 Å². The maximum Gasteiger partial charge on any atom is 0.273 e. The molecule has 15 heavy (non-hydrogen) atoms. The van der Waals surface area contributed by atoms with Crippen molar-refractivity contribution in [2.45, 2.75) is 6.54 Å². The number of H-pyrrole nitrogens is 1. The van der Waals surface area contributed by atoms with E-state index in [1.165, 1.54) is 6.20 Å². The summed E-state index contributed by atoms with van der Waals surface area (Å²) in [6.07, 6.45) is 4.91. The fourth-order valence-corrected chi connectivity index (χ4v) is 1.12. The average molecular weight is 206 g/mol. The van der Waals surface area contributed by atoms with Crippen molar-refractivity contribution in [1.82, 2.24) is 30.5 Å². The van der Waals surface area contributed by atoms with E-state index in [1.54, 1.807) is 10.9 Å². The van der Waals surface area contributed by atoms with E-state index in [0.29, 0.717) is 13.1 Å². The van der Waals surface area contributed by atoms with Gasteiger partial charge in [-0.25, -0.2) is 0 Å². The molecule has 0 saturated heterocycles. The molecule has 2 heterocycles. The molecule has 0 aliphatic rings. The van der Waals surface area contributed by atoms with Crippen molar-refractivity contribution < 1.29 is 4.79 Å². The molecule has 0 radical (unpaired) electrons. The lowest BCUT2D eigenvalue weighted by Crippen LogP contribution is -2.27. The van der Waals surface area contributed by atoms with Crippen LogP contribution in [0.25, 0.3) is 0 Å². The minimum atomic E-state index is -0.240. The van der Waals surface area contributed by atoms with Gasteiger partial charge in [0.15, 0.2) is 5.69 Å². The number of aromatic amines is 1. The van der Waals surface area contributed by atoms with Crippen LogP contribution >= 0.6 is 0 Å². The van der Waals surface area contributed by atoms with Gasteiger partial charge < -0.3 is 5.32 Å². The molecule has 0 aliphatic carbocycles. The van der Waals surface area contributed by atoms with Crippen LogP contribution in [-0.4, -0.2) is 37.6 Å². The van der Waals surface area contributed by atoms with Gasteiger partial charge >= 0.3 is 0 Å². The van der Waals surface area contributed by atoms with Crippen molar-refractivity contribution in [2.75, 3.05) is 6.54 Å². The second kappa shape index (κ2) is 4.36. The van der Waals surface area contributed by atoms with Crippen molar-refractivity contribution in [3.63, 3.8) is 0 Å². The first-order valence-corrected chi connectivity index (χ1v) is 4.47. The number of rotatable bonds is 4. The Balaban J connectivity index is 1.77. The van der Waals surface area contributed by atoms with E-state index < -0.39 is 0 Å². The summed E-state index contributed by atoms with van der Waals surface area (Å²) >= 11 is 0. The molecule has 2 aromatic heterocycles. The second-order valence-corrected chi connectivity index (χ2v) is 2.88. The topological polar surface area (TPSA) is 88.5 Å². The molecule has 0 fully saturated rings. The average Bonchev–Trinajstić information content (AvgIpc) is 2.90. The largest absolute Gasteiger partial charge is 0.349 e. The predicted octanol–water partition coefficient (Wildman–Crippen LogP) is -0.569. The lowest BCUT2D eigenvalue weighted by atomic mass is 10.4. The molecule has 2 N–H and O–H groups in total. The van der Waals surface area contributed by atoms with Gasteiger partial charge in [0.05, 0.1) is 12.7 Å². The van der Waals surface area contributed by atoms with Crippen LogP contribution in [0.3, 0.4) is 0 Å². The van der Waals surface area contributed by atoms with Gasteiger partial charge in [-0.3, -0.25) is 9.48 Å². The smallest absolute Gasteiger partial charge is 0.273 e. The van der Waals surface area contributed by atoms with Gasteiger partial charge in [-0.2, -0.15) is 20.5 Å². The molecule has 0 atom stereocenters. The van der Waals surface area contributed by atoms with E-state index in [4.69, 9.17) is 0 Å². The van der Waals surface area contributed by atoms with Crippen LogP contribution in [0.1, 0.15) is 10.5 Å². The zero-order valence-corrected chi connectivity index (χ0v) is 7.92. The number of nitrogens with zero attached hydrogens (tertiary/aromatic N) is 4. The Bertz CT molecular complexity index is 406. The van der Waals surface area contributed by atoms with Crippen molar-refractivity contribution >= 4 is 5.91 Å². The molecule has 0 aliphatic heterocycles. The zero-order chi connectivity index (χ0) is 10.5. The SMILES string of the molecule is O=C(NCCn1cccn1)c1cn[nH]n1. The van der Waals surface area contributed by atoms with E-state index in [-0.39, 0.29) is 11.6 Å². The first kappa shape index (κ1) is 9.38. The van der Waals surface area contributed by atoms with E-state index in [0.717, 1.165) is 0 Å². The molecule has 7 heteroatoms. The maximum absolute atomic E-state index is 11.4. The molecule has 0 bridgehead atoms. The van der Waals surface area contributed by atoms with Gasteiger partial charge in [0, 0.05) is 18.9 Å². The molecule has 78 valence electrons. The summed E-state index contributed by atoms with van der Waals surface area (Å²) in [5.74, 6) is -0.240. The first-order chi connectivity index (χ1) is 7.36. The van der Waals surface area contributed by atoms with Crippen molar-refractivity contribution in [1.29, 1.82) is 0 Å². The summed E-state index contributed by atoms with van der Waals surface area (Å²) in [7, 11) is 0. The van der Waals surface area contributed by atoms with Gasteiger partial charge in [0.1, 0.15) is 0 Å². The molecule has 0 unspecified atom stereocenters. The number of carbonyl (C=O) groups is 1. The number of amides is 1. The van der Waals surface area contributed by atoms with Crippen LogP contribution in [0.2, 0.25) is 0 Å². The van der Waals surface area contributed by atoms with Crippen LogP contribution in [0.4, 0.5) is 0 Å². The number of aromatic nitrogens is 5. The predicted molar refractivity (Wildman–Crippen MR) is 50.9 cm³/mol. The third kappa shape index (κ3) is 2.39. The van der Waals surface area contributed by atoms with E-state index in [1.807, 2.05) is 12.3 Å². The fraction of sp³-hybridized carbons (Fsp3) is 0.250. The minimum absolute atomic E-state index is 0.240. The number of hydrogen-bond donors (Lipinski definition) is 2. The van der Waals surface area contributed by atoms with Crippen LogP contribution < -0.4 is 5.32 Å². The lowest BCUT2D eigenvalue weighted by Gasteiger charge is -2.02. The highest BCUT2D eigenvalue weighted by molar-refractivity contribution is 5.91. The summed E-state index contributed by atoms with van der Waals surface area (Å²) in [4.78, 5) is 11.4. The Hall–Kier alpha value is -2.18. The molecule has 2 rings (SSSR count). The van der Waals surface area contributed by atoms with Gasteiger partial charge in [-0.15, -0.1) is 0 Å². The number of carbonyl (C=O) groups excluding carboxylic acids is 1. The van der Waals surface area contributed by atoms with E-state index >= 15 is 0 Å². The molecular formula is C8H10N6O. The Morgan fingerprint density at radius 2 is 2.53 bits per heavy atom. The number of nitrogens with one attached hydrogen (secondary N) is 2. The summed E-state index contributed by atoms with van der Waals surface area (Å²) < 4.78 is 1.74. The van der Waals surface area contributed by atoms with Crippen LogP contribution in [-0.2, 0) is 6.54 Å². The lowest BCUT2D eigenvalue weighted by molar-refractivity contribution is 0.0947. The van der Waals surface area contributed by atoms with Gasteiger partial charge in [-0.05, 0) is 6.07 Å². The van der Waals surface area contributed by atoms with E-state index in [2.05, 4.69) is 25.8 Å². The Labute approximate surface area is 85.5 Å². The molecule has 0 saturated carbocycles. The highest BCUT2D eigenvalue weighted by Crippen LogP contribution is 1.88. The maximum atomic E-state index is 11.4. The standard InChI is InChI=1S/C8H10N6O/c15-8(7-6-10-13-12-7)9-3-5-14-4-1-2-11-14/h1-2,4,6H,3,5H2,(H,9,15)(H,10,12,13). The van der Waals surface area contributed by atoms with Gasteiger partial charge in [-0.1, -0.05) is 0 Å². The third-order valence-electron chi connectivity index (χ3n) is 1.83. The van der Waals surface area contributed by atoms with Crippen LogP contribution in [0.5, 0.6) is 0 Å². The summed E-state index contributed by atoms with van der Waals surface area (Å²) in [6.45, 7) is 1.14. The third-order valence-corrected chi connectivity index (χ3v) is 1.83. The monoisotopic (exact) mass is 206 g/mol. The Kier molecular flexibility index (Phi) is 2.72. The van der Waals surface area contributed by atoms with Gasteiger partial charge in [0.2, 0.25) is 0 Å². The van der Waals surface area contributed by atoms with Crippen molar-refractivity contribution in [2.24, 2.45) is 0 Å².